The second-order valence-electron chi connectivity index (χ2n) is 5.93. The summed E-state index contributed by atoms with van der Waals surface area (Å²) < 4.78 is 0. The van der Waals surface area contributed by atoms with Crippen LogP contribution in [-0.2, 0) is 11.3 Å². The van der Waals surface area contributed by atoms with E-state index in [1.165, 1.54) is 22.3 Å². The van der Waals surface area contributed by atoms with Gasteiger partial charge < -0.3 is 10.6 Å². The first kappa shape index (κ1) is 15.7. The number of nitrogens with one attached hydrogen (secondary N) is 2. The summed E-state index contributed by atoms with van der Waals surface area (Å²) in [6.07, 6.45) is 0. The monoisotopic (exact) mass is 262 g/mol. The van der Waals surface area contributed by atoms with Crippen LogP contribution in [0.5, 0.6) is 0 Å². The van der Waals surface area contributed by atoms with Crippen molar-refractivity contribution in [1.82, 2.24) is 10.6 Å². The van der Waals surface area contributed by atoms with Gasteiger partial charge in [0.15, 0.2) is 0 Å². The highest BCUT2D eigenvalue weighted by Crippen LogP contribution is 2.17. The quantitative estimate of drug-likeness (QED) is 0.856. The lowest BCUT2D eigenvalue weighted by atomic mass is 9.92. The van der Waals surface area contributed by atoms with Gasteiger partial charge in [-0.25, -0.2) is 0 Å². The molecule has 0 saturated heterocycles. The summed E-state index contributed by atoms with van der Waals surface area (Å²) >= 11 is 0. The minimum absolute atomic E-state index is 0.0665. The summed E-state index contributed by atoms with van der Waals surface area (Å²) in [5.41, 5.74) is 4.85. The normalized spacial score (nSPS) is 11.5. The lowest BCUT2D eigenvalue weighted by Gasteiger charge is -2.23. The van der Waals surface area contributed by atoms with Crippen LogP contribution in [0.3, 0.4) is 0 Å². The average molecular weight is 262 g/mol. The Morgan fingerprint density at radius 3 is 2.26 bits per heavy atom. The summed E-state index contributed by atoms with van der Waals surface area (Å²) in [6, 6.07) is 4.45. The number of benzene rings is 1. The molecule has 0 bridgehead atoms. The topological polar surface area (TPSA) is 41.1 Å². The number of rotatable bonds is 5. The minimum atomic E-state index is -0.387. The highest BCUT2D eigenvalue weighted by Gasteiger charge is 2.25. The Balaban J connectivity index is 2.64. The van der Waals surface area contributed by atoms with Crippen molar-refractivity contribution in [1.29, 1.82) is 0 Å². The molecule has 0 fully saturated rings. The SMILES string of the molecule is CNC(=O)C(C)(C)CNCc1cc(C)c(C)cc1C. The van der Waals surface area contributed by atoms with Crippen LogP contribution < -0.4 is 10.6 Å². The summed E-state index contributed by atoms with van der Waals surface area (Å²) in [4.78, 5) is 11.7. The van der Waals surface area contributed by atoms with E-state index in [9.17, 15) is 4.79 Å². The van der Waals surface area contributed by atoms with E-state index in [4.69, 9.17) is 0 Å². The third-order valence-corrected chi connectivity index (χ3v) is 3.68. The Labute approximate surface area is 116 Å². The maximum atomic E-state index is 11.7. The molecule has 0 unspecified atom stereocenters. The van der Waals surface area contributed by atoms with Crippen LogP contribution in [0.15, 0.2) is 12.1 Å². The molecule has 2 N–H and O–H groups in total. The van der Waals surface area contributed by atoms with E-state index in [-0.39, 0.29) is 11.3 Å². The Bertz CT molecular complexity index is 464. The van der Waals surface area contributed by atoms with Gasteiger partial charge in [0.05, 0.1) is 5.41 Å². The second-order valence-corrected chi connectivity index (χ2v) is 5.93. The fourth-order valence-corrected chi connectivity index (χ4v) is 2.14. The van der Waals surface area contributed by atoms with Gasteiger partial charge in [-0.1, -0.05) is 12.1 Å². The molecule has 0 aliphatic rings. The fourth-order valence-electron chi connectivity index (χ4n) is 2.14. The summed E-state index contributed by atoms with van der Waals surface area (Å²) in [5, 5.41) is 6.09. The number of carbonyl (C=O) groups excluding carboxylic acids is 1. The molecule has 1 amide bonds. The highest BCUT2D eigenvalue weighted by atomic mass is 16.2. The van der Waals surface area contributed by atoms with Gasteiger partial charge in [-0.2, -0.15) is 0 Å². The zero-order valence-electron chi connectivity index (χ0n) is 13.0. The van der Waals surface area contributed by atoms with Crippen LogP contribution in [0.25, 0.3) is 0 Å². The lowest BCUT2D eigenvalue weighted by Crippen LogP contribution is -2.41. The first-order chi connectivity index (χ1) is 8.77. The molecular formula is C16H26N2O. The maximum Gasteiger partial charge on any atom is 0.226 e. The van der Waals surface area contributed by atoms with Crippen molar-refractivity contribution in [2.24, 2.45) is 5.41 Å². The van der Waals surface area contributed by atoms with Gasteiger partial charge in [-0.15, -0.1) is 0 Å². The van der Waals surface area contributed by atoms with Gasteiger partial charge in [0, 0.05) is 20.1 Å². The molecule has 0 radical (unpaired) electrons. The fraction of sp³-hybridized carbons (Fsp3) is 0.562. The van der Waals surface area contributed by atoms with Gasteiger partial charge in [-0.3, -0.25) is 4.79 Å². The van der Waals surface area contributed by atoms with E-state index < -0.39 is 0 Å². The van der Waals surface area contributed by atoms with E-state index >= 15 is 0 Å². The molecule has 1 aromatic rings. The molecular weight excluding hydrogens is 236 g/mol. The van der Waals surface area contributed by atoms with Crippen molar-refractivity contribution in [3.8, 4) is 0 Å². The molecule has 0 aromatic heterocycles. The Morgan fingerprint density at radius 2 is 1.68 bits per heavy atom. The maximum absolute atomic E-state index is 11.7. The number of amides is 1. The Kier molecular flexibility index (Phi) is 5.12. The number of aryl methyl sites for hydroxylation is 3. The predicted molar refractivity (Wildman–Crippen MR) is 80.2 cm³/mol. The molecule has 3 heteroatoms. The summed E-state index contributed by atoms with van der Waals surface area (Å²) in [7, 11) is 1.68. The zero-order chi connectivity index (χ0) is 14.6. The Hall–Kier alpha value is -1.35. The molecule has 0 atom stereocenters. The van der Waals surface area contributed by atoms with Gasteiger partial charge >= 0.3 is 0 Å². The van der Waals surface area contributed by atoms with Gasteiger partial charge in [-0.05, 0) is 56.9 Å². The summed E-state index contributed by atoms with van der Waals surface area (Å²) in [6.45, 7) is 11.8. The molecule has 106 valence electrons. The third kappa shape index (κ3) is 4.06. The molecule has 0 heterocycles. The molecule has 1 rings (SSSR count). The Morgan fingerprint density at radius 1 is 1.11 bits per heavy atom. The van der Waals surface area contributed by atoms with E-state index in [2.05, 4.69) is 43.5 Å². The molecule has 0 aliphatic heterocycles. The van der Waals surface area contributed by atoms with E-state index in [0.717, 1.165) is 6.54 Å². The van der Waals surface area contributed by atoms with Crippen molar-refractivity contribution in [3.05, 3.63) is 34.4 Å². The molecule has 1 aromatic carbocycles. The standard InChI is InChI=1S/C16H26N2O/c1-11-7-13(3)14(8-12(11)2)9-18-10-16(4,5)15(19)17-6/h7-8,18H,9-10H2,1-6H3,(H,17,19). The first-order valence-corrected chi connectivity index (χ1v) is 6.77. The average Bonchev–Trinajstić information content (AvgIpc) is 2.34. The van der Waals surface area contributed by atoms with Crippen molar-refractivity contribution in [2.75, 3.05) is 13.6 Å². The van der Waals surface area contributed by atoms with Crippen LogP contribution in [-0.4, -0.2) is 19.5 Å². The van der Waals surface area contributed by atoms with Crippen molar-refractivity contribution in [2.45, 2.75) is 41.2 Å². The summed E-state index contributed by atoms with van der Waals surface area (Å²) in [5.74, 6) is 0.0665. The number of carbonyl (C=O) groups is 1. The third-order valence-electron chi connectivity index (χ3n) is 3.68. The van der Waals surface area contributed by atoms with E-state index in [1.807, 2.05) is 13.8 Å². The molecule has 0 spiro atoms. The van der Waals surface area contributed by atoms with Crippen LogP contribution in [0.2, 0.25) is 0 Å². The molecule has 3 nitrogen and oxygen atoms in total. The van der Waals surface area contributed by atoms with E-state index in [0.29, 0.717) is 6.54 Å². The highest BCUT2D eigenvalue weighted by molar-refractivity contribution is 5.81. The smallest absolute Gasteiger partial charge is 0.226 e. The van der Waals surface area contributed by atoms with Crippen molar-refractivity contribution < 1.29 is 4.79 Å². The first-order valence-electron chi connectivity index (χ1n) is 6.77. The zero-order valence-corrected chi connectivity index (χ0v) is 13.0. The molecule has 0 saturated carbocycles. The van der Waals surface area contributed by atoms with Crippen LogP contribution in [0.4, 0.5) is 0 Å². The second kappa shape index (κ2) is 6.20. The molecule has 0 aliphatic carbocycles. The van der Waals surface area contributed by atoms with Crippen LogP contribution in [0, 0.1) is 26.2 Å². The predicted octanol–water partition coefficient (Wildman–Crippen LogP) is 2.47. The van der Waals surface area contributed by atoms with Crippen molar-refractivity contribution >= 4 is 5.91 Å². The van der Waals surface area contributed by atoms with Gasteiger partial charge in [0.25, 0.3) is 0 Å². The van der Waals surface area contributed by atoms with Crippen LogP contribution >= 0.6 is 0 Å². The van der Waals surface area contributed by atoms with Crippen molar-refractivity contribution in [3.63, 3.8) is 0 Å². The largest absolute Gasteiger partial charge is 0.359 e. The van der Waals surface area contributed by atoms with Crippen LogP contribution in [0.1, 0.15) is 36.1 Å². The lowest BCUT2D eigenvalue weighted by molar-refractivity contribution is -0.128. The van der Waals surface area contributed by atoms with Gasteiger partial charge in [0.2, 0.25) is 5.91 Å². The van der Waals surface area contributed by atoms with Gasteiger partial charge in [0.1, 0.15) is 0 Å². The number of hydrogen-bond acceptors (Lipinski definition) is 2. The minimum Gasteiger partial charge on any atom is -0.359 e. The van der Waals surface area contributed by atoms with E-state index in [1.54, 1.807) is 7.05 Å². The molecule has 19 heavy (non-hydrogen) atoms. The number of hydrogen-bond donors (Lipinski definition) is 2.